The number of carbonyl (C=O) groups is 1. The molecule has 3 rings (SSSR count). The van der Waals surface area contributed by atoms with Gasteiger partial charge in [0.15, 0.2) is 0 Å². The lowest BCUT2D eigenvalue weighted by molar-refractivity contribution is -0.136. The molecule has 0 aliphatic carbocycles. The summed E-state index contributed by atoms with van der Waals surface area (Å²) >= 11 is 3.49. The molecule has 0 atom stereocenters. The summed E-state index contributed by atoms with van der Waals surface area (Å²) in [6.07, 6.45) is 1.74. The van der Waals surface area contributed by atoms with Crippen molar-refractivity contribution in [2.45, 2.75) is 13.3 Å². The first kappa shape index (κ1) is 15.6. The highest BCUT2D eigenvalue weighted by atomic mass is 79.9. The number of aromatic nitrogens is 2. The van der Waals surface area contributed by atoms with Crippen LogP contribution < -0.4 is 4.74 Å². The molecule has 2 heterocycles. The van der Waals surface area contributed by atoms with Gasteiger partial charge < -0.3 is 14.2 Å². The molecule has 0 aliphatic heterocycles. The maximum Gasteiger partial charge on any atom is 0.309 e. The summed E-state index contributed by atoms with van der Waals surface area (Å²) in [7, 11) is 1.59. The van der Waals surface area contributed by atoms with Crippen LogP contribution in [-0.4, -0.2) is 27.6 Å². The number of carboxylic acids is 1. The fourth-order valence-corrected chi connectivity index (χ4v) is 2.90. The highest BCUT2D eigenvalue weighted by Crippen LogP contribution is 2.33. The van der Waals surface area contributed by atoms with Gasteiger partial charge in [0.1, 0.15) is 11.4 Å². The Morgan fingerprint density at radius 3 is 2.83 bits per heavy atom. The molecular weight excluding hydrogens is 360 g/mol. The lowest BCUT2D eigenvalue weighted by atomic mass is 10.1. The van der Waals surface area contributed by atoms with E-state index in [9.17, 15) is 9.90 Å². The standard InChI is InChI=1S/C17H15BrN2O3/c1-10-7-15-19-17(11-5-3-4-6-14(11)23-2)13(8-16(21)22)20(15)9-12(10)18/h3-7,9H,8H2,1-2H3,(H,21,22). The number of carboxylic acid groups (broad SMARTS) is 1. The summed E-state index contributed by atoms with van der Waals surface area (Å²) in [5.74, 6) is -0.238. The van der Waals surface area contributed by atoms with Crippen LogP contribution >= 0.6 is 15.9 Å². The second-order valence-electron chi connectivity index (χ2n) is 5.21. The Balaban J connectivity index is 2.33. The van der Waals surface area contributed by atoms with Gasteiger partial charge in [-0.1, -0.05) is 12.1 Å². The van der Waals surface area contributed by atoms with Gasteiger partial charge in [-0.3, -0.25) is 4.79 Å². The molecule has 1 aromatic carbocycles. The van der Waals surface area contributed by atoms with Crippen molar-refractivity contribution in [2.24, 2.45) is 0 Å². The number of rotatable bonds is 4. The Hall–Kier alpha value is -2.34. The van der Waals surface area contributed by atoms with Crippen LogP contribution in [0.3, 0.4) is 0 Å². The number of nitrogens with zero attached hydrogens (tertiary/aromatic N) is 2. The van der Waals surface area contributed by atoms with Gasteiger partial charge in [0, 0.05) is 16.2 Å². The van der Waals surface area contributed by atoms with Crippen LogP contribution in [0.5, 0.6) is 5.75 Å². The van der Waals surface area contributed by atoms with Gasteiger partial charge in [-0.05, 0) is 46.6 Å². The highest BCUT2D eigenvalue weighted by Gasteiger charge is 2.19. The summed E-state index contributed by atoms with van der Waals surface area (Å²) in [4.78, 5) is 16.0. The molecule has 5 nitrogen and oxygen atoms in total. The molecule has 23 heavy (non-hydrogen) atoms. The SMILES string of the molecule is COc1ccccc1-c1nc2cc(C)c(Br)cn2c1CC(=O)O. The normalized spacial score (nSPS) is 10.9. The Bertz CT molecular complexity index is 902. The van der Waals surface area contributed by atoms with Gasteiger partial charge in [0.05, 0.1) is 24.9 Å². The number of halogens is 1. The zero-order chi connectivity index (χ0) is 16.6. The van der Waals surface area contributed by atoms with Crippen LogP contribution in [0, 0.1) is 6.92 Å². The maximum atomic E-state index is 11.3. The van der Waals surface area contributed by atoms with Crippen molar-refractivity contribution in [2.75, 3.05) is 7.11 Å². The summed E-state index contributed by atoms with van der Waals surface area (Å²) in [5, 5.41) is 9.28. The molecule has 0 unspecified atom stereocenters. The first-order valence-electron chi connectivity index (χ1n) is 7.03. The van der Waals surface area contributed by atoms with Gasteiger partial charge in [0.25, 0.3) is 0 Å². The van der Waals surface area contributed by atoms with E-state index >= 15 is 0 Å². The van der Waals surface area contributed by atoms with Crippen LogP contribution in [0.1, 0.15) is 11.3 Å². The van der Waals surface area contributed by atoms with Crippen LogP contribution in [-0.2, 0) is 11.2 Å². The summed E-state index contributed by atoms with van der Waals surface area (Å²) in [6.45, 7) is 1.97. The number of fused-ring (bicyclic) bond motifs is 1. The van der Waals surface area contributed by atoms with E-state index in [1.807, 2.05) is 47.9 Å². The van der Waals surface area contributed by atoms with E-state index in [0.717, 1.165) is 15.6 Å². The molecule has 0 amide bonds. The van der Waals surface area contributed by atoms with E-state index in [0.29, 0.717) is 22.8 Å². The van der Waals surface area contributed by atoms with Crippen LogP contribution in [0.4, 0.5) is 0 Å². The number of hydrogen-bond donors (Lipinski definition) is 1. The largest absolute Gasteiger partial charge is 0.496 e. The predicted molar refractivity (Wildman–Crippen MR) is 91.0 cm³/mol. The second-order valence-corrected chi connectivity index (χ2v) is 6.06. The smallest absolute Gasteiger partial charge is 0.309 e. The lowest BCUT2D eigenvalue weighted by Crippen LogP contribution is -2.05. The molecule has 0 spiro atoms. The minimum atomic E-state index is -0.903. The highest BCUT2D eigenvalue weighted by molar-refractivity contribution is 9.10. The van der Waals surface area contributed by atoms with E-state index < -0.39 is 5.97 Å². The van der Waals surface area contributed by atoms with Gasteiger partial charge in [0.2, 0.25) is 0 Å². The molecule has 118 valence electrons. The molecular formula is C17H15BrN2O3. The predicted octanol–water partition coefficient (Wildman–Crippen LogP) is 3.71. The Morgan fingerprint density at radius 2 is 2.13 bits per heavy atom. The molecule has 0 radical (unpaired) electrons. The fraction of sp³-hybridized carbons (Fsp3) is 0.176. The maximum absolute atomic E-state index is 11.3. The van der Waals surface area contributed by atoms with Crippen molar-refractivity contribution in [1.82, 2.24) is 9.38 Å². The molecule has 2 aromatic heterocycles. The first-order valence-corrected chi connectivity index (χ1v) is 7.83. The zero-order valence-electron chi connectivity index (χ0n) is 12.7. The third-order valence-corrected chi connectivity index (χ3v) is 4.51. The second kappa shape index (κ2) is 6.04. The third kappa shape index (κ3) is 2.82. The summed E-state index contributed by atoms with van der Waals surface area (Å²) in [6, 6.07) is 9.40. The van der Waals surface area contributed by atoms with Crippen molar-refractivity contribution >= 4 is 27.5 Å². The number of para-hydroxylation sites is 1. The molecule has 0 aliphatic rings. The fourth-order valence-electron chi connectivity index (χ4n) is 2.58. The van der Waals surface area contributed by atoms with E-state index in [4.69, 9.17) is 4.74 Å². The average molecular weight is 375 g/mol. The molecule has 0 saturated heterocycles. The number of benzene rings is 1. The quantitative estimate of drug-likeness (QED) is 0.755. The Morgan fingerprint density at radius 1 is 1.39 bits per heavy atom. The van der Waals surface area contributed by atoms with Crippen molar-refractivity contribution in [3.63, 3.8) is 0 Å². The van der Waals surface area contributed by atoms with E-state index in [1.54, 1.807) is 7.11 Å². The van der Waals surface area contributed by atoms with Crippen molar-refractivity contribution in [3.8, 4) is 17.0 Å². The number of ether oxygens (including phenoxy) is 1. The minimum absolute atomic E-state index is 0.121. The monoisotopic (exact) mass is 374 g/mol. The molecule has 0 bridgehead atoms. The molecule has 6 heteroatoms. The average Bonchev–Trinajstić information content (AvgIpc) is 2.85. The molecule has 0 saturated carbocycles. The van der Waals surface area contributed by atoms with Gasteiger partial charge in [-0.25, -0.2) is 4.98 Å². The number of aryl methyl sites for hydroxylation is 1. The topological polar surface area (TPSA) is 63.8 Å². The van der Waals surface area contributed by atoms with Crippen LogP contribution in [0.25, 0.3) is 16.9 Å². The zero-order valence-corrected chi connectivity index (χ0v) is 14.3. The summed E-state index contributed by atoms with van der Waals surface area (Å²) in [5.41, 5.74) is 3.78. The number of methoxy groups -OCH3 is 1. The minimum Gasteiger partial charge on any atom is -0.496 e. The van der Waals surface area contributed by atoms with E-state index in [1.165, 1.54) is 0 Å². The molecule has 0 fully saturated rings. The van der Waals surface area contributed by atoms with E-state index in [2.05, 4.69) is 20.9 Å². The van der Waals surface area contributed by atoms with Crippen molar-refractivity contribution < 1.29 is 14.6 Å². The summed E-state index contributed by atoms with van der Waals surface area (Å²) < 4.78 is 8.11. The number of imidazole rings is 1. The van der Waals surface area contributed by atoms with Gasteiger partial charge in [-0.2, -0.15) is 0 Å². The van der Waals surface area contributed by atoms with Crippen molar-refractivity contribution in [3.05, 3.63) is 52.3 Å². The van der Waals surface area contributed by atoms with Gasteiger partial charge >= 0.3 is 5.97 Å². The number of aliphatic carboxylic acids is 1. The molecule has 1 N–H and O–H groups in total. The number of hydrogen-bond acceptors (Lipinski definition) is 3. The number of pyridine rings is 1. The van der Waals surface area contributed by atoms with Crippen LogP contribution in [0.2, 0.25) is 0 Å². The first-order chi connectivity index (χ1) is 11.0. The van der Waals surface area contributed by atoms with E-state index in [-0.39, 0.29) is 6.42 Å². The lowest BCUT2D eigenvalue weighted by Gasteiger charge is -2.08. The van der Waals surface area contributed by atoms with Crippen LogP contribution in [0.15, 0.2) is 41.0 Å². The van der Waals surface area contributed by atoms with Crippen molar-refractivity contribution in [1.29, 1.82) is 0 Å². The third-order valence-electron chi connectivity index (χ3n) is 3.68. The van der Waals surface area contributed by atoms with Gasteiger partial charge in [-0.15, -0.1) is 0 Å². The Labute approximate surface area is 141 Å². The Kier molecular flexibility index (Phi) is 4.09. The molecule has 3 aromatic rings.